The quantitative estimate of drug-likeness (QED) is 0.866. The van der Waals surface area contributed by atoms with E-state index in [0.717, 1.165) is 18.7 Å². The fourth-order valence-corrected chi connectivity index (χ4v) is 2.43. The number of anilines is 1. The summed E-state index contributed by atoms with van der Waals surface area (Å²) in [4.78, 5) is 14.1. The van der Waals surface area contributed by atoms with E-state index in [2.05, 4.69) is 39.0 Å². The number of hydrogen-bond acceptors (Lipinski definition) is 2. The van der Waals surface area contributed by atoms with Gasteiger partial charge < -0.3 is 10.6 Å². The van der Waals surface area contributed by atoms with Crippen LogP contribution in [0.2, 0.25) is 0 Å². The fraction of sp³-hybridized carbons (Fsp3) is 0.562. The van der Waals surface area contributed by atoms with E-state index in [1.54, 1.807) is 13.8 Å². The van der Waals surface area contributed by atoms with Crippen molar-refractivity contribution >= 4 is 24.0 Å². The Morgan fingerprint density at radius 3 is 2.30 bits per heavy atom. The van der Waals surface area contributed by atoms with E-state index in [9.17, 15) is 4.79 Å². The summed E-state index contributed by atoms with van der Waals surface area (Å²) in [5, 5.41) is 0. The zero-order valence-electron chi connectivity index (χ0n) is 13.0. The average molecular weight is 297 g/mol. The van der Waals surface area contributed by atoms with Gasteiger partial charge in [-0.3, -0.25) is 4.79 Å². The smallest absolute Gasteiger partial charge is 0.246 e. The second kappa shape index (κ2) is 5.38. The summed E-state index contributed by atoms with van der Waals surface area (Å²) in [7, 11) is 0. The first kappa shape index (κ1) is 17.0. The molecule has 1 aliphatic rings. The first-order valence-corrected chi connectivity index (χ1v) is 6.85. The first-order valence-electron chi connectivity index (χ1n) is 6.85. The van der Waals surface area contributed by atoms with Crippen LogP contribution in [-0.2, 0) is 16.6 Å². The van der Waals surface area contributed by atoms with Crippen molar-refractivity contribution in [3.63, 3.8) is 0 Å². The molecule has 1 aromatic rings. The molecule has 0 fully saturated rings. The van der Waals surface area contributed by atoms with Gasteiger partial charge >= 0.3 is 0 Å². The van der Waals surface area contributed by atoms with E-state index in [0.29, 0.717) is 0 Å². The molecule has 1 heterocycles. The van der Waals surface area contributed by atoms with Crippen LogP contribution in [0.4, 0.5) is 5.69 Å². The van der Waals surface area contributed by atoms with Crippen molar-refractivity contribution in [2.24, 2.45) is 5.73 Å². The lowest BCUT2D eigenvalue weighted by Gasteiger charge is -2.26. The van der Waals surface area contributed by atoms with Gasteiger partial charge in [0.1, 0.15) is 0 Å². The van der Waals surface area contributed by atoms with Crippen LogP contribution in [0.5, 0.6) is 0 Å². The third kappa shape index (κ3) is 3.15. The van der Waals surface area contributed by atoms with Crippen molar-refractivity contribution < 1.29 is 4.79 Å². The molecule has 20 heavy (non-hydrogen) atoms. The number of halogens is 1. The Labute approximate surface area is 127 Å². The Bertz CT molecular complexity index is 512. The summed E-state index contributed by atoms with van der Waals surface area (Å²) >= 11 is 0. The minimum atomic E-state index is -0.815. The lowest BCUT2D eigenvalue weighted by molar-refractivity contribution is -0.122. The minimum absolute atomic E-state index is 0. The third-order valence-corrected chi connectivity index (χ3v) is 3.64. The molecule has 2 rings (SSSR count). The van der Waals surface area contributed by atoms with Crippen LogP contribution in [0.15, 0.2) is 18.2 Å². The fourth-order valence-electron chi connectivity index (χ4n) is 2.43. The van der Waals surface area contributed by atoms with Crippen LogP contribution in [0.25, 0.3) is 0 Å². The molecule has 0 aromatic heterocycles. The van der Waals surface area contributed by atoms with Gasteiger partial charge in [0.25, 0.3) is 0 Å². The molecule has 0 saturated heterocycles. The van der Waals surface area contributed by atoms with E-state index in [4.69, 9.17) is 5.73 Å². The molecule has 0 unspecified atom stereocenters. The first-order chi connectivity index (χ1) is 8.60. The van der Waals surface area contributed by atoms with Crippen molar-refractivity contribution in [3.8, 4) is 0 Å². The van der Waals surface area contributed by atoms with E-state index in [1.807, 2.05) is 4.90 Å². The second-order valence-electron chi connectivity index (χ2n) is 7.02. The van der Waals surface area contributed by atoms with E-state index >= 15 is 0 Å². The normalized spacial score (nSPS) is 14.8. The lowest BCUT2D eigenvalue weighted by atomic mass is 9.86. The summed E-state index contributed by atoms with van der Waals surface area (Å²) < 4.78 is 0. The molecule has 1 aliphatic heterocycles. The largest absolute Gasteiger partial charge is 0.318 e. The standard InChI is InChI=1S/C16H24N2O.ClH/c1-15(2,3)12-6-7-13-11(10-12)8-9-18(13)14(19)16(4,5)17;/h6-7,10H,8-9,17H2,1-5H3;1H. The van der Waals surface area contributed by atoms with Crippen molar-refractivity contribution in [1.82, 2.24) is 0 Å². The topological polar surface area (TPSA) is 46.3 Å². The number of amides is 1. The zero-order chi connectivity index (χ0) is 14.4. The number of carbonyl (C=O) groups is 1. The molecule has 0 saturated carbocycles. The van der Waals surface area contributed by atoms with Crippen LogP contribution >= 0.6 is 12.4 Å². The van der Waals surface area contributed by atoms with Gasteiger partial charge in [0.15, 0.2) is 0 Å². The van der Waals surface area contributed by atoms with Crippen molar-refractivity contribution in [1.29, 1.82) is 0 Å². The van der Waals surface area contributed by atoms with Gasteiger partial charge in [-0.2, -0.15) is 0 Å². The predicted molar refractivity (Wildman–Crippen MR) is 86.7 cm³/mol. The Morgan fingerprint density at radius 2 is 1.80 bits per heavy atom. The van der Waals surface area contributed by atoms with Gasteiger partial charge in [0, 0.05) is 12.2 Å². The Hall–Kier alpha value is -1.06. The highest BCUT2D eigenvalue weighted by Crippen LogP contribution is 2.33. The summed E-state index contributed by atoms with van der Waals surface area (Å²) in [5.74, 6) is -0.00485. The van der Waals surface area contributed by atoms with Crippen molar-refractivity contribution in [2.45, 2.75) is 52.0 Å². The molecule has 0 radical (unpaired) electrons. The van der Waals surface area contributed by atoms with Gasteiger partial charge in [0.05, 0.1) is 5.54 Å². The van der Waals surface area contributed by atoms with Crippen molar-refractivity contribution in [3.05, 3.63) is 29.3 Å². The monoisotopic (exact) mass is 296 g/mol. The molecule has 0 bridgehead atoms. The number of benzene rings is 1. The number of fused-ring (bicyclic) bond motifs is 1. The maximum absolute atomic E-state index is 12.3. The van der Waals surface area contributed by atoms with Crippen LogP contribution < -0.4 is 10.6 Å². The third-order valence-electron chi connectivity index (χ3n) is 3.64. The molecular formula is C16H25ClN2O. The van der Waals surface area contributed by atoms with Gasteiger partial charge in [0.2, 0.25) is 5.91 Å². The van der Waals surface area contributed by atoms with E-state index < -0.39 is 5.54 Å². The van der Waals surface area contributed by atoms with Crippen LogP contribution in [0, 0.1) is 0 Å². The van der Waals surface area contributed by atoms with Crippen LogP contribution in [0.3, 0.4) is 0 Å². The van der Waals surface area contributed by atoms with E-state index in [-0.39, 0.29) is 23.7 Å². The molecule has 2 N–H and O–H groups in total. The maximum Gasteiger partial charge on any atom is 0.246 e. The summed E-state index contributed by atoms with van der Waals surface area (Å²) in [6, 6.07) is 6.41. The maximum atomic E-state index is 12.3. The molecule has 4 heteroatoms. The highest BCUT2D eigenvalue weighted by molar-refractivity contribution is 6.01. The SMILES string of the molecule is CC(C)(N)C(=O)N1CCc2cc(C(C)(C)C)ccc21.Cl. The lowest BCUT2D eigenvalue weighted by Crippen LogP contribution is -2.50. The Balaban J connectivity index is 0.00000200. The minimum Gasteiger partial charge on any atom is -0.318 e. The highest BCUT2D eigenvalue weighted by atomic mass is 35.5. The molecule has 112 valence electrons. The summed E-state index contributed by atoms with van der Waals surface area (Å²) in [6.45, 7) is 10.9. The molecule has 1 aromatic carbocycles. The van der Waals surface area contributed by atoms with Gasteiger partial charge in [-0.1, -0.05) is 32.9 Å². The molecular weight excluding hydrogens is 272 g/mol. The molecule has 0 atom stereocenters. The number of nitrogens with zero attached hydrogens (tertiary/aromatic N) is 1. The average Bonchev–Trinajstić information content (AvgIpc) is 2.67. The van der Waals surface area contributed by atoms with E-state index in [1.165, 1.54) is 11.1 Å². The predicted octanol–water partition coefficient (Wildman–Crippen LogP) is 3.03. The molecule has 0 aliphatic carbocycles. The Kier molecular flexibility index (Phi) is 4.57. The number of hydrogen-bond donors (Lipinski definition) is 1. The van der Waals surface area contributed by atoms with Crippen LogP contribution in [0.1, 0.15) is 45.7 Å². The zero-order valence-corrected chi connectivity index (χ0v) is 13.8. The number of rotatable bonds is 1. The van der Waals surface area contributed by atoms with Gasteiger partial charge in [-0.25, -0.2) is 0 Å². The van der Waals surface area contributed by atoms with Gasteiger partial charge in [-0.15, -0.1) is 12.4 Å². The number of carbonyl (C=O) groups excluding carboxylic acids is 1. The van der Waals surface area contributed by atoms with Gasteiger partial charge in [-0.05, 0) is 42.9 Å². The molecule has 3 nitrogen and oxygen atoms in total. The summed E-state index contributed by atoms with van der Waals surface area (Å²) in [5.41, 5.74) is 8.84. The Morgan fingerprint density at radius 1 is 1.20 bits per heavy atom. The van der Waals surface area contributed by atoms with Crippen LogP contribution in [-0.4, -0.2) is 18.0 Å². The molecule has 0 spiro atoms. The summed E-state index contributed by atoms with van der Waals surface area (Å²) in [6.07, 6.45) is 0.918. The highest BCUT2D eigenvalue weighted by Gasteiger charge is 2.33. The number of nitrogens with two attached hydrogens (primary N) is 1. The molecule has 1 amide bonds. The van der Waals surface area contributed by atoms with Crippen molar-refractivity contribution in [2.75, 3.05) is 11.4 Å². The second-order valence-corrected chi connectivity index (χ2v) is 7.02.